The van der Waals surface area contributed by atoms with E-state index in [9.17, 15) is 9.50 Å². The number of hydrogen-bond donors (Lipinski definition) is 2. The highest BCUT2D eigenvalue weighted by molar-refractivity contribution is 9.10. The van der Waals surface area contributed by atoms with Crippen LogP contribution < -0.4 is 5.32 Å². The van der Waals surface area contributed by atoms with Crippen LogP contribution in [-0.4, -0.2) is 22.2 Å². The topological polar surface area (TPSA) is 45.1 Å². The Balaban J connectivity index is 2.19. The minimum Gasteiger partial charge on any atom is -0.394 e. The first-order chi connectivity index (χ1) is 8.54. The first kappa shape index (κ1) is 13.7. The number of aliphatic hydroxyl groups is 1. The van der Waals surface area contributed by atoms with E-state index in [4.69, 9.17) is 0 Å². The van der Waals surface area contributed by atoms with Crippen molar-refractivity contribution in [3.8, 4) is 0 Å². The van der Waals surface area contributed by atoms with Crippen molar-refractivity contribution in [3.63, 3.8) is 0 Å². The number of nitrogens with one attached hydrogen (secondary N) is 1. The molecule has 0 radical (unpaired) electrons. The minimum absolute atomic E-state index is 0.00846. The van der Waals surface area contributed by atoms with Gasteiger partial charge in [0.1, 0.15) is 0 Å². The predicted octanol–water partition coefficient (Wildman–Crippen LogP) is 3.34. The van der Waals surface area contributed by atoms with Crippen LogP contribution in [0.3, 0.4) is 0 Å². The first-order valence-corrected chi connectivity index (χ1v) is 7.04. The second kappa shape index (κ2) is 5.53. The van der Waals surface area contributed by atoms with Gasteiger partial charge in [-0.2, -0.15) is 0 Å². The van der Waals surface area contributed by atoms with Crippen LogP contribution in [0.2, 0.25) is 0 Å². The highest BCUT2D eigenvalue weighted by atomic mass is 79.9. The molecule has 2 rings (SSSR count). The maximum Gasteiger partial charge on any atom is 0.166 e. The summed E-state index contributed by atoms with van der Waals surface area (Å²) in [5, 5.41) is 12.8. The van der Waals surface area contributed by atoms with Crippen LogP contribution in [0.4, 0.5) is 10.2 Å². The molecule has 0 saturated heterocycles. The van der Waals surface area contributed by atoms with Gasteiger partial charge in [0.2, 0.25) is 0 Å². The van der Waals surface area contributed by atoms with Gasteiger partial charge in [0.05, 0.1) is 12.1 Å². The van der Waals surface area contributed by atoms with Gasteiger partial charge in [0.25, 0.3) is 0 Å². The molecule has 1 aliphatic carbocycles. The summed E-state index contributed by atoms with van der Waals surface area (Å²) in [7, 11) is 0. The Hall–Kier alpha value is -0.680. The second-order valence-electron chi connectivity index (χ2n) is 5.25. The van der Waals surface area contributed by atoms with Crippen molar-refractivity contribution in [2.75, 3.05) is 11.9 Å². The molecule has 0 amide bonds. The van der Waals surface area contributed by atoms with Crippen molar-refractivity contribution in [1.82, 2.24) is 4.98 Å². The van der Waals surface area contributed by atoms with Crippen LogP contribution >= 0.6 is 15.9 Å². The third-order valence-corrected chi connectivity index (χ3v) is 4.02. The van der Waals surface area contributed by atoms with Crippen molar-refractivity contribution in [2.24, 2.45) is 5.92 Å². The Bertz CT molecular complexity index is 429. The minimum atomic E-state index is -0.431. The normalized spacial score (nSPS) is 28.1. The molecule has 100 valence electrons. The third-order valence-electron chi connectivity index (χ3n) is 3.59. The standard InChI is InChI=1S/C13H18BrFN2O/c1-9-3-2-4-13(6-9,8-18)17-12-11(15)5-10(14)7-16-12/h5,7,9,18H,2-4,6,8H2,1H3,(H,16,17). The number of halogens is 2. The van der Waals surface area contributed by atoms with E-state index in [0.29, 0.717) is 10.4 Å². The summed E-state index contributed by atoms with van der Waals surface area (Å²) in [6.07, 6.45) is 5.47. The van der Waals surface area contributed by atoms with Gasteiger partial charge in [0.15, 0.2) is 11.6 Å². The highest BCUT2D eigenvalue weighted by Gasteiger charge is 2.35. The van der Waals surface area contributed by atoms with Gasteiger partial charge in [-0.3, -0.25) is 0 Å². The molecule has 2 N–H and O–H groups in total. The number of nitrogens with zero attached hydrogens (tertiary/aromatic N) is 1. The van der Waals surface area contributed by atoms with Gasteiger partial charge in [-0.15, -0.1) is 0 Å². The zero-order valence-electron chi connectivity index (χ0n) is 10.4. The van der Waals surface area contributed by atoms with Crippen LogP contribution in [0.5, 0.6) is 0 Å². The van der Waals surface area contributed by atoms with E-state index >= 15 is 0 Å². The summed E-state index contributed by atoms with van der Waals surface area (Å²) in [6.45, 7) is 2.17. The predicted molar refractivity (Wildman–Crippen MR) is 73.0 cm³/mol. The van der Waals surface area contributed by atoms with Crippen LogP contribution in [0.15, 0.2) is 16.7 Å². The summed E-state index contributed by atoms with van der Waals surface area (Å²) in [4.78, 5) is 4.05. The third kappa shape index (κ3) is 3.01. The lowest BCUT2D eigenvalue weighted by Crippen LogP contribution is -2.46. The van der Waals surface area contributed by atoms with E-state index in [1.54, 1.807) is 6.20 Å². The highest BCUT2D eigenvalue weighted by Crippen LogP contribution is 2.35. The number of hydrogen-bond acceptors (Lipinski definition) is 3. The summed E-state index contributed by atoms with van der Waals surface area (Å²) in [5.41, 5.74) is -0.431. The average molecular weight is 317 g/mol. The molecular formula is C13H18BrFN2O. The fourth-order valence-electron chi connectivity index (χ4n) is 2.71. The molecule has 5 heteroatoms. The molecule has 2 atom stereocenters. The van der Waals surface area contributed by atoms with Crippen LogP contribution in [0, 0.1) is 11.7 Å². The average Bonchev–Trinajstić information content (AvgIpc) is 2.33. The quantitative estimate of drug-likeness (QED) is 0.899. The Labute approximate surface area is 115 Å². The summed E-state index contributed by atoms with van der Waals surface area (Å²) in [6, 6.07) is 1.38. The molecule has 1 aromatic rings. The lowest BCUT2D eigenvalue weighted by molar-refractivity contribution is 0.149. The van der Waals surface area contributed by atoms with Gasteiger partial charge in [-0.05, 0) is 40.8 Å². The maximum atomic E-state index is 13.8. The van der Waals surface area contributed by atoms with E-state index in [2.05, 4.69) is 33.2 Å². The Kier molecular flexibility index (Phi) is 4.22. The number of anilines is 1. The first-order valence-electron chi connectivity index (χ1n) is 6.25. The molecule has 1 heterocycles. The fourth-order valence-corrected chi connectivity index (χ4v) is 3.02. The largest absolute Gasteiger partial charge is 0.394 e. The lowest BCUT2D eigenvalue weighted by atomic mass is 9.77. The van der Waals surface area contributed by atoms with Crippen LogP contribution in [0.1, 0.15) is 32.6 Å². The Morgan fingerprint density at radius 1 is 1.67 bits per heavy atom. The van der Waals surface area contributed by atoms with Gasteiger partial charge in [-0.25, -0.2) is 9.37 Å². The van der Waals surface area contributed by atoms with Crippen molar-refractivity contribution in [3.05, 3.63) is 22.6 Å². The molecule has 1 aliphatic rings. The van der Waals surface area contributed by atoms with E-state index < -0.39 is 11.4 Å². The van der Waals surface area contributed by atoms with Crippen LogP contribution in [0.25, 0.3) is 0 Å². The van der Waals surface area contributed by atoms with Crippen molar-refractivity contribution in [2.45, 2.75) is 38.1 Å². The number of rotatable bonds is 3. The molecule has 0 spiro atoms. The van der Waals surface area contributed by atoms with Crippen molar-refractivity contribution < 1.29 is 9.50 Å². The van der Waals surface area contributed by atoms with Crippen molar-refractivity contribution in [1.29, 1.82) is 0 Å². The fraction of sp³-hybridized carbons (Fsp3) is 0.615. The Morgan fingerprint density at radius 3 is 3.06 bits per heavy atom. The zero-order valence-corrected chi connectivity index (χ0v) is 12.0. The Morgan fingerprint density at radius 2 is 2.44 bits per heavy atom. The van der Waals surface area contributed by atoms with E-state index in [1.807, 2.05) is 0 Å². The van der Waals surface area contributed by atoms with E-state index in [0.717, 1.165) is 19.3 Å². The molecule has 0 aromatic carbocycles. The molecule has 1 fully saturated rings. The molecule has 0 bridgehead atoms. The number of aliphatic hydroxyl groups excluding tert-OH is 1. The van der Waals surface area contributed by atoms with Crippen molar-refractivity contribution >= 4 is 21.7 Å². The molecule has 2 unspecified atom stereocenters. The smallest absolute Gasteiger partial charge is 0.166 e. The van der Waals surface area contributed by atoms with E-state index in [1.165, 1.54) is 12.5 Å². The lowest BCUT2D eigenvalue weighted by Gasteiger charge is -2.39. The summed E-state index contributed by atoms with van der Waals surface area (Å²) in [5.74, 6) is 0.369. The number of aromatic nitrogens is 1. The SMILES string of the molecule is CC1CCCC(CO)(Nc2ncc(Br)cc2F)C1. The van der Waals surface area contributed by atoms with E-state index in [-0.39, 0.29) is 12.4 Å². The summed E-state index contributed by atoms with van der Waals surface area (Å²) < 4.78 is 14.4. The molecule has 1 aromatic heterocycles. The second-order valence-corrected chi connectivity index (χ2v) is 6.16. The van der Waals surface area contributed by atoms with Gasteiger partial charge >= 0.3 is 0 Å². The zero-order chi connectivity index (χ0) is 13.2. The molecule has 3 nitrogen and oxygen atoms in total. The molecular weight excluding hydrogens is 299 g/mol. The van der Waals surface area contributed by atoms with Gasteiger partial charge in [-0.1, -0.05) is 19.8 Å². The molecule has 1 saturated carbocycles. The number of pyridine rings is 1. The van der Waals surface area contributed by atoms with Crippen LogP contribution in [-0.2, 0) is 0 Å². The van der Waals surface area contributed by atoms with Gasteiger partial charge < -0.3 is 10.4 Å². The van der Waals surface area contributed by atoms with Gasteiger partial charge in [0, 0.05) is 10.7 Å². The summed E-state index contributed by atoms with van der Waals surface area (Å²) >= 11 is 3.18. The maximum absolute atomic E-state index is 13.8. The molecule has 18 heavy (non-hydrogen) atoms. The molecule has 0 aliphatic heterocycles. The monoisotopic (exact) mass is 316 g/mol.